The van der Waals surface area contributed by atoms with Gasteiger partial charge in [0.1, 0.15) is 5.75 Å². The summed E-state index contributed by atoms with van der Waals surface area (Å²) in [5, 5.41) is 11.4. The van der Waals surface area contributed by atoms with Gasteiger partial charge in [-0.15, -0.1) is 0 Å². The van der Waals surface area contributed by atoms with E-state index in [-0.39, 0.29) is 23.6 Å². The van der Waals surface area contributed by atoms with Crippen LogP contribution in [0.5, 0.6) is 5.75 Å². The van der Waals surface area contributed by atoms with Gasteiger partial charge >= 0.3 is 5.97 Å². The second kappa shape index (κ2) is 7.78. The van der Waals surface area contributed by atoms with Crippen LogP contribution < -0.4 is 5.32 Å². The third kappa shape index (κ3) is 4.45. The molecule has 1 atom stereocenters. The van der Waals surface area contributed by atoms with Crippen molar-refractivity contribution in [3.63, 3.8) is 0 Å². The smallest absolute Gasteiger partial charge is 0.306 e. The molecule has 128 valence electrons. The number of aromatic hydroxyl groups is 1. The van der Waals surface area contributed by atoms with Gasteiger partial charge in [-0.05, 0) is 30.3 Å². The summed E-state index contributed by atoms with van der Waals surface area (Å²) in [6, 6.07) is 8.80. The van der Waals surface area contributed by atoms with Crippen LogP contribution in [0.3, 0.4) is 0 Å². The molecule has 0 bridgehead atoms. The fourth-order valence-electron chi connectivity index (χ4n) is 2.11. The van der Waals surface area contributed by atoms with E-state index in [2.05, 4.69) is 15.0 Å². The van der Waals surface area contributed by atoms with E-state index in [1.807, 2.05) is 0 Å². The zero-order chi connectivity index (χ0) is 17.6. The lowest BCUT2D eigenvalue weighted by Crippen LogP contribution is -2.32. The Hall–Kier alpha value is -2.61. The predicted octanol–water partition coefficient (Wildman–Crippen LogP) is 1.60. The maximum atomic E-state index is 12.8. The van der Waals surface area contributed by atoms with Crippen molar-refractivity contribution in [2.75, 3.05) is 19.0 Å². The average molecular weight is 350 g/mol. The Morgan fingerprint density at radius 1 is 1.33 bits per heavy atom. The minimum absolute atomic E-state index is 0.00121. The summed E-state index contributed by atoms with van der Waals surface area (Å²) in [6.45, 7) is -0.00121. The van der Waals surface area contributed by atoms with Gasteiger partial charge in [0.25, 0.3) is 0 Å². The number of benzene rings is 1. The summed E-state index contributed by atoms with van der Waals surface area (Å²) < 4.78 is 30.2. The highest BCUT2D eigenvalue weighted by Gasteiger charge is 2.30. The summed E-state index contributed by atoms with van der Waals surface area (Å²) in [7, 11) is -2.64. The maximum absolute atomic E-state index is 12.8. The molecule has 0 radical (unpaired) electrons. The third-order valence-electron chi connectivity index (χ3n) is 3.40. The molecule has 0 amide bonds. The minimum atomic E-state index is -3.84. The second-order valence-corrected chi connectivity index (χ2v) is 7.30. The van der Waals surface area contributed by atoms with E-state index < -0.39 is 21.1 Å². The molecular weight excluding hydrogens is 332 g/mol. The first-order valence-corrected chi connectivity index (χ1v) is 8.71. The van der Waals surface area contributed by atoms with E-state index in [0.29, 0.717) is 5.69 Å². The van der Waals surface area contributed by atoms with Crippen molar-refractivity contribution in [2.24, 2.45) is 0 Å². The van der Waals surface area contributed by atoms with Crippen molar-refractivity contribution in [1.29, 1.82) is 0 Å². The first-order chi connectivity index (χ1) is 11.4. The zero-order valence-electron chi connectivity index (χ0n) is 13.0. The highest BCUT2D eigenvalue weighted by atomic mass is 32.2. The molecule has 0 aliphatic carbocycles. The molecule has 2 aromatic rings. The number of hydrogen-bond donors (Lipinski definition) is 2. The Balaban J connectivity index is 2.25. The van der Waals surface area contributed by atoms with Crippen LogP contribution in [0.25, 0.3) is 0 Å². The summed E-state index contributed by atoms with van der Waals surface area (Å²) in [6.07, 6.45) is 2.85. The number of nitrogens with one attached hydrogen (secondary N) is 1. The van der Waals surface area contributed by atoms with Gasteiger partial charge in [-0.3, -0.25) is 9.78 Å². The Morgan fingerprint density at radius 3 is 2.75 bits per heavy atom. The molecule has 2 rings (SSSR count). The molecule has 1 aromatic carbocycles. The highest BCUT2D eigenvalue weighted by Crippen LogP contribution is 2.23. The molecule has 0 aliphatic rings. The molecule has 8 heteroatoms. The molecule has 0 saturated heterocycles. The van der Waals surface area contributed by atoms with Crippen LogP contribution in [0.15, 0.2) is 53.7 Å². The number of carbonyl (C=O) groups is 1. The molecular formula is C16H18N2O5S. The van der Waals surface area contributed by atoms with E-state index in [0.717, 1.165) is 6.07 Å². The van der Waals surface area contributed by atoms with Gasteiger partial charge in [-0.1, -0.05) is 6.07 Å². The SMILES string of the molecule is COC(=O)CC(CNc1cccnc1)S(=O)(=O)c1cccc(O)c1. The first kappa shape index (κ1) is 17.7. The Kier molecular flexibility index (Phi) is 5.75. The summed E-state index contributed by atoms with van der Waals surface area (Å²) in [5.41, 5.74) is 0.637. The van der Waals surface area contributed by atoms with Crippen molar-refractivity contribution in [2.45, 2.75) is 16.6 Å². The van der Waals surface area contributed by atoms with Crippen LogP contribution in [0.2, 0.25) is 0 Å². The molecule has 0 saturated carbocycles. The fourth-order valence-corrected chi connectivity index (χ4v) is 3.71. The number of nitrogens with zero attached hydrogens (tertiary/aromatic N) is 1. The van der Waals surface area contributed by atoms with E-state index in [1.54, 1.807) is 24.5 Å². The number of sulfone groups is 1. The number of carbonyl (C=O) groups excluding carboxylic acids is 1. The number of phenols is 1. The molecule has 0 aliphatic heterocycles. The maximum Gasteiger partial charge on any atom is 0.306 e. The molecule has 1 aromatic heterocycles. The molecule has 0 fully saturated rings. The van der Waals surface area contributed by atoms with Crippen molar-refractivity contribution in [1.82, 2.24) is 4.98 Å². The minimum Gasteiger partial charge on any atom is -0.508 e. The van der Waals surface area contributed by atoms with E-state index in [9.17, 15) is 18.3 Å². The molecule has 1 heterocycles. The molecule has 0 spiro atoms. The Labute approximate surface area is 140 Å². The number of esters is 1. The normalized spacial score (nSPS) is 12.4. The van der Waals surface area contributed by atoms with Gasteiger partial charge in [-0.25, -0.2) is 8.42 Å². The summed E-state index contributed by atoms with van der Waals surface area (Å²) in [4.78, 5) is 15.5. The zero-order valence-corrected chi connectivity index (χ0v) is 13.9. The summed E-state index contributed by atoms with van der Waals surface area (Å²) in [5.74, 6) is -0.787. The highest BCUT2D eigenvalue weighted by molar-refractivity contribution is 7.92. The fraction of sp³-hybridized carbons (Fsp3) is 0.250. The monoisotopic (exact) mass is 350 g/mol. The number of aromatic nitrogens is 1. The van der Waals surface area contributed by atoms with Crippen molar-refractivity contribution in [3.05, 3.63) is 48.8 Å². The molecule has 2 N–H and O–H groups in total. The van der Waals surface area contributed by atoms with Gasteiger partial charge in [0.05, 0.1) is 29.4 Å². The van der Waals surface area contributed by atoms with E-state index in [1.165, 1.54) is 25.3 Å². The number of anilines is 1. The van der Waals surface area contributed by atoms with E-state index >= 15 is 0 Å². The second-order valence-electron chi connectivity index (χ2n) is 5.07. The van der Waals surface area contributed by atoms with Crippen molar-refractivity contribution >= 4 is 21.5 Å². The van der Waals surface area contributed by atoms with Gasteiger partial charge < -0.3 is 15.2 Å². The molecule has 1 unspecified atom stereocenters. The lowest BCUT2D eigenvalue weighted by atomic mass is 10.3. The van der Waals surface area contributed by atoms with Crippen LogP contribution in [-0.2, 0) is 19.4 Å². The third-order valence-corrected chi connectivity index (χ3v) is 5.52. The number of ether oxygens (including phenoxy) is 1. The van der Waals surface area contributed by atoms with Crippen LogP contribution in [0.1, 0.15) is 6.42 Å². The van der Waals surface area contributed by atoms with Crippen molar-refractivity contribution < 1.29 is 23.1 Å². The molecule has 24 heavy (non-hydrogen) atoms. The largest absolute Gasteiger partial charge is 0.508 e. The Bertz CT molecular complexity index is 793. The topological polar surface area (TPSA) is 106 Å². The standard InChI is InChI=1S/C16H18N2O5S/c1-23-16(20)9-15(11-18-12-4-3-7-17-10-12)24(21,22)14-6-2-5-13(19)8-14/h2-8,10,15,18-19H,9,11H2,1H3. The van der Waals surface area contributed by atoms with Crippen LogP contribution in [-0.4, -0.2) is 43.4 Å². The van der Waals surface area contributed by atoms with E-state index in [4.69, 9.17) is 0 Å². The number of rotatable bonds is 7. The molecule has 7 nitrogen and oxygen atoms in total. The average Bonchev–Trinajstić information content (AvgIpc) is 2.59. The Morgan fingerprint density at radius 2 is 2.12 bits per heavy atom. The summed E-state index contributed by atoms with van der Waals surface area (Å²) >= 11 is 0. The van der Waals surface area contributed by atoms with Crippen molar-refractivity contribution in [3.8, 4) is 5.75 Å². The lowest BCUT2D eigenvalue weighted by molar-refractivity contribution is -0.140. The first-order valence-electron chi connectivity index (χ1n) is 7.17. The van der Waals surface area contributed by atoms with Gasteiger partial charge in [0.15, 0.2) is 9.84 Å². The van der Waals surface area contributed by atoms with Gasteiger partial charge in [0.2, 0.25) is 0 Å². The quantitative estimate of drug-likeness (QED) is 0.731. The predicted molar refractivity (Wildman–Crippen MR) is 88.4 cm³/mol. The van der Waals surface area contributed by atoms with Crippen LogP contribution in [0.4, 0.5) is 5.69 Å². The number of phenolic OH excluding ortho intramolecular Hbond substituents is 1. The number of methoxy groups -OCH3 is 1. The van der Waals surface area contributed by atoms with Crippen LogP contribution >= 0.6 is 0 Å². The van der Waals surface area contributed by atoms with Crippen LogP contribution in [0, 0.1) is 0 Å². The lowest BCUT2D eigenvalue weighted by Gasteiger charge is -2.18. The number of pyridine rings is 1. The van der Waals surface area contributed by atoms with Gasteiger partial charge in [-0.2, -0.15) is 0 Å². The van der Waals surface area contributed by atoms with Gasteiger partial charge in [0, 0.05) is 18.9 Å². The number of hydrogen-bond acceptors (Lipinski definition) is 7.